The van der Waals surface area contributed by atoms with E-state index in [-0.39, 0.29) is 23.9 Å². The predicted molar refractivity (Wildman–Crippen MR) is 78.5 cm³/mol. The first-order valence-corrected chi connectivity index (χ1v) is 6.97. The van der Waals surface area contributed by atoms with Crippen molar-refractivity contribution >= 4 is 17.7 Å². The lowest BCUT2D eigenvalue weighted by atomic mass is 9.96. The number of piperidine rings is 1. The second kappa shape index (κ2) is 6.65. The first kappa shape index (κ1) is 16.1. The molecule has 0 bridgehead atoms. The van der Waals surface area contributed by atoms with Crippen LogP contribution in [0.4, 0.5) is 10.1 Å². The third-order valence-corrected chi connectivity index (χ3v) is 3.82. The van der Waals surface area contributed by atoms with Gasteiger partial charge in [-0.05, 0) is 30.5 Å². The lowest BCUT2D eigenvalue weighted by molar-refractivity contribution is -0.385. The van der Waals surface area contributed by atoms with Gasteiger partial charge in [0.2, 0.25) is 5.91 Å². The Morgan fingerprint density at radius 3 is 2.91 bits per heavy atom. The fraction of sp³-hybridized carbons (Fsp3) is 0.400. The molecule has 0 aromatic heterocycles. The third kappa shape index (κ3) is 3.67. The van der Waals surface area contributed by atoms with E-state index in [0.717, 1.165) is 12.1 Å². The largest absolute Gasteiger partial charge is 0.391 e. The minimum Gasteiger partial charge on any atom is -0.391 e. The maximum Gasteiger partial charge on any atom is 0.279 e. The van der Waals surface area contributed by atoms with Gasteiger partial charge < -0.3 is 10.0 Å². The first-order chi connectivity index (χ1) is 10.4. The molecular formula is C15H17FN2O4. The zero-order valence-electron chi connectivity index (χ0n) is 12.1. The van der Waals surface area contributed by atoms with Crippen LogP contribution in [-0.2, 0) is 4.79 Å². The summed E-state index contributed by atoms with van der Waals surface area (Å²) in [5, 5.41) is 20.7. The second-order valence-electron chi connectivity index (χ2n) is 5.41. The fourth-order valence-electron chi connectivity index (χ4n) is 2.33. The molecule has 1 amide bonds. The normalized spacial score (nSPS) is 22.0. The summed E-state index contributed by atoms with van der Waals surface area (Å²) in [6.45, 7) is 2.70. The minimum atomic E-state index is -0.705. The van der Waals surface area contributed by atoms with Crippen LogP contribution in [0.1, 0.15) is 18.9 Å². The molecule has 1 saturated heterocycles. The first-order valence-electron chi connectivity index (χ1n) is 6.97. The van der Waals surface area contributed by atoms with Gasteiger partial charge >= 0.3 is 0 Å². The molecule has 1 aromatic rings. The van der Waals surface area contributed by atoms with Crippen LogP contribution < -0.4 is 0 Å². The van der Waals surface area contributed by atoms with E-state index in [1.54, 1.807) is 0 Å². The molecule has 22 heavy (non-hydrogen) atoms. The highest BCUT2D eigenvalue weighted by molar-refractivity contribution is 5.92. The van der Waals surface area contributed by atoms with E-state index in [0.29, 0.717) is 13.0 Å². The van der Waals surface area contributed by atoms with Gasteiger partial charge in [0.25, 0.3) is 5.69 Å². The molecule has 0 spiro atoms. The number of carbonyl (C=O) groups is 1. The Labute approximate surface area is 127 Å². The number of β-amino-alcohol motifs (C(OH)–C–C–N with tert-alkyl or cyclic N) is 1. The Hall–Kier alpha value is -2.28. The van der Waals surface area contributed by atoms with E-state index in [4.69, 9.17) is 0 Å². The van der Waals surface area contributed by atoms with Crippen molar-refractivity contribution < 1.29 is 19.2 Å². The van der Waals surface area contributed by atoms with Crippen molar-refractivity contribution in [1.82, 2.24) is 4.90 Å². The number of hydrogen-bond donors (Lipinski definition) is 1. The van der Waals surface area contributed by atoms with Gasteiger partial charge in [0.1, 0.15) is 5.82 Å². The van der Waals surface area contributed by atoms with Crippen LogP contribution in [0.15, 0.2) is 24.3 Å². The van der Waals surface area contributed by atoms with Crippen molar-refractivity contribution in [3.63, 3.8) is 0 Å². The van der Waals surface area contributed by atoms with Gasteiger partial charge in [0, 0.05) is 19.2 Å². The maximum atomic E-state index is 13.0. The SMILES string of the molecule is CC1CCN(C(=O)/C=C/c2ccc(F)cc2[N+](=O)[O-])CC1O. The van der Waals surface area contributed by atoms with Crippen molar-refractivity contribution in [1.29, 1.82) is 0 Å². The number of hydrogen-bond acceptors (Lipinski definition) is 4. The molecule has 6 nitrogen and oxygen atoms in total. The summed E-state index contributed by atoms with van der Waals surface area (Å²) >= 11 is 0. The number of rotatable bonds is 3. The molecule has 1 aliphatic rings. The molecular weight excluding hydrogens is 291 g/mol. The number of aliphatic hydroxyl groups excluding tert-OH is 1. The molecule has 0 radical (unpaired) electrons. The quantitative estimate of drug-likeness (QED) is 0.526. The zero-order chi connectivity index (χ0) is 16.3. The van der Waals surface area contributed by atoms with E-state index in [1.807, 2.05) is 6.92 Å². The standard InChI is InChI=1S/C15H17FN2O4/c1-10-6-7-17(9-14(10)19)15(20)5-3-11-2-4-12(16)8-13(11)18(21)22/h2-5,8,10,14,19H,6-7,9H2,1H3/b5-3+. The summed E-state index contributed by atoms with van der Waals surface area (Å²) in [5.41, 5.74) is -0.234. The number of nitro groups is 1. The summed E-state index contributed by atoms with van der Waals surface area (Å²) in [6.07, 6.45) is 2.65. The molecule has 0 saturated carbocycles. The van der Waals surface area contributed by atoms with Gasteiger partial charge in [-0.15, -0.1) is 0 Å². The molecule has 0 aliphatic carbocycles. The summed E-state index contributed by atoms with van der Waals surface area (Å²) in [7, 11) is 0. The van der Waals surface area contributed by atoms with E-state index in [9.17, 15) is 24.4 Å². The van der Waals surface area contributed by atoms with Crippen LogP contribution >= 0.6 is 0 Å². The summed E-state index contributed by atoms with van der Waals surface area (Å²) in [4.78, 5) is 23.7. The number of nitro benzene ring substituents is 1. The van der Waals surface area contributed by atoms with Gasteiger partial charge in [0.15, 0.2) is 0 Å². The van der Waals surface area contributed by atoms with Crippen molar-refractivity contribution in [3.05, 3.63) is 45.8 Å². The minimum absolute atomic E-state index is 0.145. The molecule has 2 rings (SSSR count). The summed E-state index contributed by atoms with van der Waals surface area (Å²) < 4.78 is 13.0. The Morgan fingerprint density at radius 1 is 1.55 bits per heavy atom. The molecule has 2 atom stereocenters. The number of aliphatic hydroxyl groups is 1. The lowest BCUT2D eigenvalue weighted by Gasteiger charge is -2.33. The zero-order valence-corrected chi connectivity index (χ0v) is 12.1. The average Bonchev–Trinajstić information content (AvgIpc) is 2.48. The fourth-order valence-corrected chi connectivity index (χ4v) is 2.33. The van der Waals surface area contributed by atoms with E-state index < -0.39 is 22.5 Å². The smallest absolute Gasteiger partial charge is 0.279 e. The predicted octanol–water partition coefficient (Wildman–Crippen LogP) is 1.98. The van der Waals surface area contributed by atoms with E-state index in [2.05, 4.69) is 0 Å². The van der Waals surface area contributed by atoms with Gasteiger partial charge in [0.05, 0.1) is 22.7 Å². The number of likely N-dealkylation sites (tertiary alicyclic amines) is 1. The van der Waals surface area contributed by atoms with Crippen LogP contribution in [-0.4, -0.2) is 40.0 Å². The Bertz CT molecular complexity index is 618. The number of carbonyl (C=O) groups excluding carboxylic acids is 1. The maximum absolute atomic E-state index is 13.0. The van der Waals surface area contributed by atoms with Gasteiger partial charge in [-0.1, -0.05) is 6.92 Å². The molecule has 1 N–H and O–H groups in total. The number of nitrogens with zero attached hydrogens (tertiary/aromatic N) is 2. The van der Waals surface area contributed by atoms with E-state index >= 15 is 0 Å². The van der Waals surface area contributed by atoms with Crippen LogP contribution in [0, 0.1) is 21.8 Å². The molecule has 1 heterocycles. The van der Waals surface area contributed by atoms with Crippen LogP contribution in [0.2, 0.25) is 0 Å². The van der Waals surface area contributed by atoms with Gasteiger partial charge in [-0.3, -0.25) is 14.9 Å². The highest BCUT2D eigenvalue weighted by Crippen LogP contribution is 2.22. The molecule has 1 aliphatic heterocycles. The lowest BCUT2D eigenvalue weighted by Crippen LogP contribution is -2.45. The topological polar surface area (TPSA) is 83.7 Å². The highest BCUT2D eigenvalue weighted by atomic mass is 19.1. The number of amides is 1. The van der Waals surface area contributed by atoms with Crippen molar-refractivity contribution in [2.45, 2.75) is 19.4 Å². The van der Waals surface area contributed by atoms with Gasteiger partial charge in [-0.2, -0.15) is 0 Å². The van der Waals surface area contributed by atoms with Crippen molar-refractivity contribution in [2.75, 3.05) is 13.1 Å². The third-order valence-electron chi connectivity index (χ3n) is 3.82. The number of benzene rings is 1. The van der Waals surface area contributed by atoms with Crippen molar-refractivity contribution in [3.8, 4) is 0 Å². The average molecular weight is 308 g/mol. The highest BCUT2D eigenvalue weighted by Gasteiger charge is 2.26. The Morgan fingerprint density at radius 2 is 2.27 bits per heavy atom. The Kier molecular flexibility index (Phi) is 4.87. The molecule has 2 unspecified atom stereocenters. The summed E-state index contributed by atoms with van der Waals surface area (Å²) in [6, 6.07) is 3.17. The monoisotopic (exact) mass is 308 g/mol. The Balaban J connectivity index is 2.12. The van der Waals surface area contributed by atoms with E-state index in [1.165, 1.54) is 23.1 Å². The molecule has 118 valence electrons. The number of halogens is 1. The van der Waals surface area contributed by atoms with Crippen LogP contribution in [0.5, 0.6) is 0 Å². The van der Waals surface area contributed by atoms with Crippen molar-refractivity contribution in [2.24, 2.45) is 5.92 Å². The summed E-state index contributed by atoms with van der Waals surface area (Å²) in [5.74, 6) is -0.890. The van der Waals surface area contributed by atoms with Gasteiger partial charge in [-0.25, -0.2) is 4.39 Å². The van der Waals surface area contributed by atoms with Crippen LogP contribution in [0.25, 0.3) is 6.08 Å². The van der Waals surface area contributed by atoms with Crippen LogP contribution in [0.3, 0.4) is 0 Å². The second-order valence-corrected chi connectivity index (χ2v) is 5.41. The molecule has 1 aromatic carbocycles. The molecule has 1 fully saturated rings. The molecule has 7 heteroatoms.